The van der Waals surface area contributed by atoms with Gasteiger partial charge in [-0.2, -0.15) is 4.98 Å². The van der Waals surface area contributed by atoms with E-state index in [-0.39, 0.29) is 12.5 Å². The Morgan fingerprint density at radius 2 is 2.15 bits per heavy atom. The fourth-order valence-electron chi connectivity index (χ4n) is 2.69. The molecule has 0 unspecified atom stereocenters. The molecule has 0 atom stereocenters. The van der Waals surface area contributed by atoms with Crippen LogP contribution in [-0.2, 0) is 11.3 Å². The van der Waals surface area contributed by atoms with Crippen LogP contribution in [0.2, 0.25) is 0 Å². The Hall–Kier alpha value is -2.71. The van der Waals surface area contributed by atoms with Gasteiger partial charge >= 0.3 is 0 Å². The first-order valence-electron chi connectivity index (χ1n) is 8.71. The smallest absolute Gasteiger partial charge is 0.241 e. The molecule has 0 spiro atoms. The highest BCUT2D eigenvalue weighted by Gasteiger charge is 2.16. The van der Waals surface area contributed by atoms with Crippen LogP contribution in [0.1, 0.15) is 19.2 Å². The average molecular weight is 386 g/mol. The number of carbonyl (C=O) groups is 1. The minimum absolute atomic E-state index is 0.119. The van der Waals surface area contributed by atoms with Gasteiger partial charge in [-0.15, -0.1) is 11.3 Å². The SMILES string of the molecule is CCCN(CC(=O)Nc1ccccc1OC)Cc1nc(-c2cccs2)no1. The van der Waals surface area contributed by atoms with Crippen LogP contribution in [0.4, 0.5) is 5.69 Å². The molecule has 0 aliphatic carbocycles. The van der Waals surface area contributed by atoms with Crippen molar-refractivity contribution >= 4 is 22.9 Å². The van der Waals surface area contributed by atoms with Gasteiger partial charge in [0.15, 0.2) is 0 Å². The standard InChI is InChI=1S/C19H22N4O3S/c1-3-10-23(12-17(24)20-14-7-4-5-8-15(14)25-2)13-18-21-19(22-26-18)16-9-6-11-27-16/h4-9,11H,3,10,12-13H2,1-2H3,(H,20,24). The van der Waals surface area contributed by atoms with Crippen LogP contribution in [0.25, 0.3) is 10.7 Å². The zero-order valence-corrected chi connectivity index (χ0v) is 16.2. The van der Waals surface area contributed by atoms with Gasteiger partial charge in [0, 0.05) is 0 Å². The van der Waals surface area contributed by atoms with E-state index in [1.165, 1.54) is 0 Å². The van der Waals surface area contributed by atoms with Gasteiger partial charge in [0.2, 0.25) is 17.6 Å². The number of hydrogen-bond acceptors (Lipinski definition) is 7. The summed E-state index contributed by atoms with van der Waals surface area (Å²) in [4.78, 5) is 19.8. The summed E-state index contributed by atoms with van der Waals surface area (Å²) in [6.45, 7) is 3.46. The lowest BCUT2D eigenvalue weighted by Gasteiger charge is -2.19. The first-order chi connectivity index (χ1) is 13.2. The van der Waals surface area contributed by atoms with E-state index in [0.29, 0.717) is 29.7 Å². The van der Waals surface area contributed by atoms with Crippen LogP contribution in [-0.4, -0.2) is 41.1 Å². The van der Waals surface area contributed by atoms with Gasteiger partial charge in [0.05, 0.1) is 30.8 Å². The number of benzene rings is 1. The normalized spacial score (nSPS) is 10.9. The molecule has 0 aliphatic rings. The van der Waals surface area contributed by atoms with E-state index in [9.17, 15) is 4.79 Å². The van der Waals surface area contributed by atoms with E-state index in [0.717, 1.165) is 17.8 Å². The summed E-state index contributed by atoms with van der Waals surface area (Å²) < 4.78 is 10.6. The van der Waals surface area contributed by atoms with E-state index < -0.39 is 0 Å². The maximum absolute atomic E-state index is 12.5. The number of hydrogen-bond donors (Lipinski definition) is 1. The lowest BCUT2D eigenvalue weighted by molar-refractivity contribution is -0.117. The van der Waals surface area contributed by atoms with Gasteiger partial charge in [-0.1, -0.05) is 30.3 Å². The predicted octanol–water partition coefficient (Wildman–Crippen LogP) is 3.66. The van der Waals surface area contributed by atoms with E-state index in [1.807, 2.05) is 46.7 Å². The van der Waals surface area contributed by atoms with E-state index >= 15 is 0 Å². The second-order valence-corrected chi connectivity index (χ2v) is 6.90. The number of methoxy groups -OCH3 is 1. The first kappa shape index (κ1) is 19.1. The summed E-state index contributed by atoms with van der Waals surface area (Å²) >= 11 is 1.56. The summed E-state index contributed by atoms with van der Waals surface area (Å²) in [7, 11) is 1.58. The molecule has 0 radical (unpaired) electrons. The molecule has 3 rings (SSSR count). The number of amides is 1. The Bertz CT molecular complexity index is 863. The van der Waals surface area contributed by atoms with Crippen LogP contribution in [0, 0.1) is 0 Å². The number of nitrogens with zero attached hydrogens (tertiary/aromatic N) is 3. The fraction of sp³-hybridized carbons (Fsp3) is 0.316. The Labute approximate surface area is 162 Å². The van der Waals surface area contributed by atoms with Crippen LogP contribution in [0.15, 0.2) is 46.3 Å². The first-order valence-corrected chi connectivity index (χ1v) is 9.59. The lowest BCUT2D eigenvalue weighted by atomic mass is 10.3. The zero-order chi connectivity index (χ0) is 19.1. The number of thiophene rings is 1. The molecule has 0 fully saturated rings. The summed E-state index contributed by atoms with van der Waals surface area (Å²) in [5.74, 6) is 1.59. The molecule has 27 heavy (non-hydrogen) atoms. The number of nitrogens with one attached hydrogen (secondary N) is 1. The summed E-state index contributed by atoms with van der Waals surface area (Å²) in [5, 5.41) is 8.88. The van der Waals surface area contributed by atoms with Crippen molar-refractivity contribution in [3.8, 4) is 16.5 Å². The quantitative estimate of drug-likeness (QED) is 0.604. The van der Waals surface area contributed by atoms with Crippen LogP contribution in [0.5, 0.6) is 5.75 Å². The Kier molecular flexibility index (Phi) is 6.56. The van der Waals surface area contributed by atoms with Gasteiger partial charge in [0.1, 0.15) is 5.75 Å². The van der Waals surface area contributed by atoms with Crippen molar-refractivity contribution in [3.05, 3.63) is 47.7 Å². The van der Waals surface area contributed by atoms with Crippen LogP contribution < -0.4 is 10.1 Å². The van der Waals surface area contributed by atoms with Crippen molar-refractivity contribution in [2.45, 2.75) is 19.9 Å². The van der Waals surface area contributed by atoms with Gasteiger partial charge in [0.25, 0.3) is 0 Å². The Balaban J connectivity index is 1.62. The molecule has 142 valence electrons. The highest BCUT2D eigenvalue weighted by molar-refractivity contribution is 7.13. The van der Waals surface area contributed by atoms with Crippen molar-refractivity contribution < 1.29 is 14.1 Å². The molecule has 7 nitrogen and oxygen atoms in total. The van der Waals surface area contributed by atoms with E-state index in [2.05, 4.69) is 22.4 Å². The minimum Gasteiger partial charge on any atom is -0.495 e. The van der Waals surface area contributed by atoms with Gasteiger partial charge in [-0.05, 0) is 36.5 Å². The molecule has 1 N–H and O–H groups in total. The Morgan fingerprint density at radius 3 is 2.89 bits per heavy atom. The molecular formula is C19H22N4O3S. The van der Waals surface area contributed by atoms with Gasteiger partial charge in [-0.3, -0.25) is 9.69 Å². The third-order valence-corrected chi connectivity index (χ3v) is 4.72. The fourth-order valence-corrected chi connectivity index (χ4v) is 3.34. The van der Waals surface area contributed by atoms with Crippen LogP contribution in [0.3, 0.4) is 0 Å². The van der Waals surface area contributed by atoms with Crippen molar-refractivity contribution in [2.24, 2.45) is 0 Å². The molecule has 2 aromatic heterocycles. The molecular weight excluding hydrogens is 364 g/mol. The van der Waals surface area contributed by atoms with Crippen molar-refractivity contribution in [2.75, 3.05) is 25.5 Å². The third kappa shape index (κ3) is 5.15. The van der Waals surface area contributed by atoms with Crippen molar-refractivity contribution in [3.63, 3.8) is 0 Å². The van der Waals surface area contributed by atoms with Crippen molar-refractivity contribution in [1.29, 1.82) is 0 Å². The maximum Gasteiger partial charge on any atom is 0.241 e. The molecule has 3 aromatic rings. The highest BCUT2D eigenvalue weighted by atomic mass is 32.1. The van der Waals surface area contributed by atoms with Crippen LogP contribution >= 0.6 is 11.3 Å². The zero-order valence-electron chi connectivity index (χ0n) is 15.3. The van der Waals surface area contributed by atoms with E-state index in [1.54, 1.807) is 18.4 Å². The number of para-hydroxylation sites is 2. The minimum atomic E-state index is -0.119. The molecule has 0 bridgehead atoms. The molecule has 0 aliphatic heterocycles. The second kappa shape index (κ2) is 9.29. The third-order valence-electron chi connectivity index (χ3n) is 3.86. The maximum atomic E-state index is 12.5. The molecule has 0 saturated carbocycles. The molecule has 0 saturated heterocycles. The molecule has 1 aromatic carbocycles. The molecule has 8 heteroatoms. The second-order valence-electron chi connectivity index (χ2n) is 5.95. The Morgan fingerprint density at radius 1 is 1.30 bits per heavy atom. The molecule has 2 heterocycles. The number of aromatic nitrogens is 2. The lowest BCUT2D eigenvalue weighted by Crippen LogP contribution is -2.33. The topological polar surface area (TPSA) is 80.5 Å². The van der Waals surface area contributed by atoms with Gasteiger partial charge in [-0.25, -0.2) is 0 Å². The van der Waals surface area contributed by atoms with Gasteiger partial charge < -0.3 is 14.6 Å². The predicted molar refractivity (Wildman–Crippen MR) is 105 cm³/mol. The average Bonchev–Trinajstić information content (AvgIpc) is 3.34. The van der Waals surface area contributed by atoms with Crippen molar-refractivity contribution in [1.82, 2.24) is 15.0 Å². The summed E-state index contributed by atoms with van der Waals surface area (Å²) in [6, 6.07) is 11.2. The largest absolute Gasteiger partial charge is 0.495 e. The summed E-state index contributed by atoms with van der Waals surface area (Å²) in [5.41, 5.74) is 0.652. The monoisotopic (exact) mass is 386 g/mol. The molecule has 1 amide bonds. The summed E-state index contributed by atoms with van der Waals surface area (Å²) in [6.07, 6.45) is 0.911. The highest BCUT2D eigenvalue weighted by Crippen LogP contribution is 2.23. The number of carbonyl (C=O) groups excluding carboxylic acids is 1. The number of rotatable bonds is 9. The van der Waals surface area contributed by atoms with E-state index in [4.69, 9.17) is 9.26 Å². The number of ether oxygens (including phenoxy) is 1. The number of anilines is 1.